The second-order valence-electron chi connectivity index (χ2n) is 4.05. The fraction of sp³-hybridized carbons (Fsp3) is 0.231. The van der Waals surface area contributed by atoms with E-state index in [1.807, 2.05) is 30.3 Å². The number of aromatic nitrogens is 2. The molecule has 0 saturated carbocycles. The van der Waals surface area contributed by atoms with Gasteiger partial charge in [-0.3, -0.25) is 0 Å². The molecule has 0 bridgehead atoms. The van der Waals surface area contributed by atoms with Gasteiger partial charge in [0, 0.05) is 5.56 Å². The van der Waals surface area contributed by atoms with E-state index < -0.39 is 0 Å². The Bertz CT molecular complexity index is 478. The Balaban J connectivity index is 2.48. The van der Waals surface area contributed by atoms with Crippen molar-refractivity contribution in [3.05, 3.63) is 42.2 Å². The van der Waals surface area contributed by atoms with Crippen LogP contribution in [0.5, 0.6) is 0 Å². The second kappa shape index (κ2) is 4.31. The maximum atomic E-state index is 5.79. The minimum absolute atomic E-state index is 0.288. The quantitative estimate of drug-likeness (QED) is 0.834. The fourth-order valence-corrected chi connectivity index (χ4v) is 1.59. The molecular formula is C13H15N3. The van der Waals surface area contributed by atoms with Gasteiger partial charge >= 0.3 is 0 Å². The normalized spacial score (nSPS) is 10.7. The monoisotopic (exact) mass is 213 g/mol. The van der Waals surface area contributed by atoms with Crippen molar-refractivity contribution in [2.75, 3.05) is 5.73 Å². The van der Waals surface area contributed by atoms with Crippen molar-refractivity contribution < 1.29 is 0 Å². The Morgan fingerprint density at radius 3 is 2.44 bits per heavy atom. The van der Waals surface area contributed by atoms with Gasteiger partial charge in [-0.05, 0) is 5.92 Å². The molecule has 0 radical (unpaired) electrons. The third-order valence-electron chi connectivity index (χ3n) is 2.45. The second-order valence-corrected chi connectivity index (χ2v) is 4.05. The Hall–Kier alpha value is -1.90. The lowest BCUT2D eigenvalue weighted by Crippen LogP contribution is -2.03. The molecule has 2 rings (SSSR count). The van der Waals surface area contributed by atoms with E-state index in [1.54, 1.807) is 6.20 Å². The minimum atomic E-state index is 0.288. The smallest absolute Gasteiger partial charge is 0.145 e. The van der Waals surface area contributed by atoms with Crippen LogP contribution in [0.3, 0.4) is 0 Å². The SMILES string of the molecule is CC(C)c1nc(-c2ccccc2)cnc1N. The van der Waals surface area contributed by atoms with Gasteiger partial charge in [0.15, 0.2) is 0 Å². The molecule has 0 spiro atoms. The molecule has 1 heterocycles. The Kier molecular flexibility index (Phi) is 2.86. The maximum Gasteiger partial charge on any atom is 0.145 e. The van der Waals surface area contributed by atoms with Gasteiger partial charge in [-0.1, -0.05) is 44.2 Å². The first-order chi connectivity index (χ1) is 7.68. The summed E-state index contributed by atoms with van der Waals surface area (Å²) in [4.78, 5) is 8.75. The summed E-state index contributed by atoms with van der Waals surface area (Å²) in [5.74, 6) is 0.811. The maximum absolute atomic E-state index is 5.79. The molecule has 0 fully saturated rings. The van der Waals surface area contributed by atoms with Gasteiger partial charge in [-0.25, -0.2) is 9.97 Å². The van der Waals surface area contributed by atoms with Crippen LogP contribution in [0.15, 0.2) is 36.5 Å². The molecule has 0 saturated heterocycles. The van der Waals surface area contributed by atoms with Gasteiger partial charge < -0.3 is 5.73 Å². The van der Waals surface area contributed by atoms with Crippen LogP contribution in [-0.2, 0) is 0 Å². The summed E-state index contributed by atoms with van der Waals surface area (Å²) in [5.41, 5.74) is 8.60. The van der Waals surface area contributed by atoms with Gasteiger partial charge in [-0.15, -0.1) is 0 Å². The van der Waals surface area contributed by atoms with E-state index in [-0.39, 0.29) is 5.92 Å². The molecule has 82 valence electrons. The first kappa shape index (κ1) is 10.6. The number of hydrogen-bond donors (Lipinski definition) is 1. The number of nitrogens with two attached hydrogens (primary N) is 1. The fourth-order valence-electron chi connectivity index (χ4n) is 1.59. The van der Waals surface area contributed by atoms with E-state index in [4.69, 9.17) is 5.73 Å². The average molecular weight is 213 g/mol. The van der Waals surface area contributed by atoms with Gasteiger partial charge in [0.05, 0.1) is 17.6 Å². The molecule has 1 aromatic heterocycles. The minimum Gasteiger partial charge on any atom is -0.382 e. The molecule has 2 aromatic rings. The molecule has 3 heteroatoms. The topological polar surface area (TPSA) is 51.8 Å². The first-order valence-corrected chi connectivity index (χ1v) is 5.36. The van der Waals surface area contributed by atoms with Gasteiger partial charge in [0.25, 0.3) is 0 Å². The van der Waals surface area contributed by atoms with Crippen molar-refractivity contribution in [1.29, 1.82) is 0 Å². The molecule has 0 unspecified atom stereocenters. The molecule has 0 amide bonds. The molecular weight excluding hydrogens is 198 g/mol. The predicted octanol–water partition coefficient (Wildman–Crippen LogP) is 2.85. The molecule has 3 nitrogen and oxygen atoms in total. The highest BCUT2D eigenvalue weighted by Gasteiger charge is 2.09. The van der Waals surface area contributed by atoms with E-state index in [1.165, 1.54) is 0 Å². The first-order valence-electron chi connectivity index (χ1n) is 5.36. The highest BCUT2D eigenvalue weighted by Crippen LogP contribution is 2.22. The predicted molar refractivity (Wildman–Crippen MR) is 66.0 cm³/mol. The van der Waals surface area contributed by atoms with E-state index in [0.29, 0.717) is 5.82 Å². The Morgan fingerprint density at radius 2 is 1.81 bits per heavy atom. The van der Waals surface area contributed by atoms with Gasteiger partial charge in [0.1, 0.15) is 5.82 Å². The standard InChI is InChI=1S/C13H15N3/c1-9(2)12-13(14)15-8-11(16-12)10-6-4-3-5-7-10/h3-9H,1-2H3,(H2,14,15). The van der Waals surface area contributed by atoms with Crippen LogP contribution < -0.4 is 5.73 Å². The van der Waals surface area contributed by atoms with Gasteiger partial charge in [-0.2, -0.15) is 0 Å². The van der Waals surface area contributed by atoms with E-state index in [2.05, 4.69) is 23.8 Å². The zero-order valence-corrected chi connectivity index (χ0v) is 9.51. The number of rotatable bonds is 2. The summed E-state index contributed by atoms with van der Waals surface area (Å²) in [6, 6.07) is 10.00. The van der Waals surface area contributed by atoms with Crippen molar-refractivity contribution >= 4 is 5.82 Å². The molecule has 0 aliphatic rings. The number of nitrogen functional groups attached to an aromatic ring is 1. The molecule has 1 aromatic carbocycles. The van der Waals surface area contributed by atoms with Crippen LogP contribution in [0.1, 0.15) is 25.5 Å². The number of benzene rings is 1. The zero-order chi connectivity index (χ0) is 11.5. The summed E-state index contributed by atoms with van der Waals surface area (Å²) in [6.45, 7) is 4.13. The van der Waals surface area contributed by atoms with Crippen molar-refractivity contribution in [2.24, 2.45) is 0 Å². The third kappa shape index (κ3) is 2.03. The third-order valence-corrected chi connectivity index (χ3v) is 2.45. The number of hydrogen-bond acceptors (Lipinski definition) is 3. The largest absolute Gasteiger partial charge is 0.382 e. The average Bonchev–Trinajstić information content (AvgIpc) is 2.30. The summed E-state index contributed by atoms with van der Waals surface area (Å²) in [7, 11) is 0. The number of nitrogens with zero attached hydrogens (tertiary/aromatic N) is 2. The van der Waals surface area contributed by atoms with Crippen molar-refractivity contribution in [3.63, 3.8) is 0 Å². The van der Waals surface area contributed by atoms with Crippen LogP contribution >= 0.6 is 0 Å². The Morgan fingerprint density at radius 1 is 1.12 bits per heavy atom. The zero-order valence-electron chi connectivity index (χ0n) is 9.51. The van der Waals surface area contributed by atoms with Crippen LogP contribution in [-0.4, -0.2) is 9.97 Å². The lowest BCUT2D eigenvalue weighted by Gasteiger charge is -2.09. The summed E-state index contributed by atoms with van der Waals surface area (Å²) >= 11 is 0. The van der Waals surface area contributed by atoms with Crippen molar-refractivity contribution in [3.8, 4) is 11.3 Å². The summed E-state index contributed by atoms with van der Waals surface area (Å²) in [5, 5.41) is 0. The van der Waals surface area contributed by atoms with Gasteiger partial charge in [0.2, 0.25) is 0 Å². The van der Waals surface area contributed by atoms with E-state index in [0.717, 1.165) is 17.0 Å². The van der Waals surface area contributed by atoms with Crippen LogP contribution in [0.4, 0.5) is 5.82 Å². The lowest BCUT2D eigenvalue weighted by molar-refractivity contribution is 0.819. The highest BCUT2D eigenvalue weighted by atomic mass is 14.9. The summed E-state index contributed by atoms with van der Waals surface area (Å²) in [6.07, 6.45) is 1.72. The van der Waals surface area contributed by atoms with Crippen LogP contribution in [0.25, 0.3) is 11.3 Å². The van der Waals surface area contributed by atoms with Crippen LogP contribution in [0.2, 0.25) is 0 Å². The number of anilines is 1. The molecule has 2 N–H and O–H groups in total. The van der Waals surface area contributed by atoms with E-state index in [9.17, 15) is 0 Å². The highest BCUT2D eigenvalue weighted by molar-refractivity contribution is 5.59. The Labute approximate surface area is 95.4 Å². The molecule has 16 heavy (non-hydrogen) atoms. The van der Waals surface area contributed by atoms with Crippen molar-refractivity contribution in [2.45, 2.75) is 19.8 Å². The van der Waals surface area contributed by atoms with Crippen molar-refractivity contribution in [1.82, 2.24) is 9.97 Å². The lowest BCUT2D eigenvalue weighted by atomic mass is 10.1. The molecule has 0 aliphatic carbocycles. The van der Waals surface area contributed by atoms with E-state index >= 15 is 0 Å². The summed E-state index contributed by atoms with van der Waals surface area (Å²) < 4.78 is 0. The van der Waals surface area contributed by atoms with Crippen LogP contribution in [0, 0.1) is 0 Å². The molecule has 0 atom stereocenters. The molecule has 0 aliphatic heterocycles.